The van der Waals surface area contributed by atoms with Gasteiger partial charge in [0.2, 0.25) is 5.91 Å². The van der Waals surface area contributed by atoms with Crippen molar-refractivity contribution in [3.05, 3.63) is 59.7 Å². The summed E-state index contributed by atoms with van der Waals surface area (Å²) in [5, 5.41) is 2.99. The molecule has 0 aliphatic carbocycles. The molecule has 0 saturated carbocycles. The van der Waals surface area contributed by atoms with Crippen molar-refractivity contribution >= 4 is 17.5 Å². The molecule has 0 aromatic heterocycles. The molecular formula is C21H24N2O3. The molecule has 0 bridgehead atoms. The molecule has 136 valence electrons. The van der Waals surface area contributed by atoms with Crippen molar-refractivity contribution in [2.75, 3.05) is 18.1 Å². The van der Waals surface area contributed by atoms with E-state index in [0.717, 1.165) is 18.4 Å². The Morgan fingerprint density at radius 2 is 2.00 bits per heavy atom. The van der Waals surface area contributed by atoms with Gasteiger partial charge in [-0.1, -0.05) is 36.4 Å². The quantitative estimate of drug-likeness (QED) is 0.870. The molecule has 0 spiro atoms. The summed E-state index contributed by atoms with van der Waals surface area (Å²) in [5.74, 6) is 0.287. The number of carbonyl (C=O) groups is 2. The van der Waals surface area contributed by atoms with Crippen LogP contribution in [-0.4, -0.2) is 31.0 Å². The van der Waals surface area contributed by atoms with Gasteiger partial charge in [0.1, 0.15) is 12.3 Å². The molecule has 2 aromatic rings. The second-order valence-corrected chi connectivity index (χ2v) is 6.73. The second kappa shape index (κ2) is 8.04. The second-order valence-electron chi connectivity index (χ2n) is 6.73. The number of aryl methyl sites for hydroxylation is 2. The van der Waals surface area contributed by atoms with E-state index in [2.05, 4.69) is 17.4 Å². The standard InChI is InChI=1S/C21H24N2O3/c1-15-8-11-18-19(12-15)26-14-21(25)23(18)13-20(24)22-16(2)9-10-17-6-4-3-5-7-17/h3-8,11-12,16H,9-10,13-14H2,1-2H3,(H,22,24). The molecule has 1 atom stereocenters. The molecule has 5 nitrogen and oxygen atoms in total. The van der Waals surface area contributed by atoms with Gasteiger partial charge in [-0.25, -0.2) is 0 Å². The van der Waals surface area contributed by atoms with Gasteiger partial charge in [-0.15, -0.1) is 0 Å². The fourth-order valence-electron chi connectivity index (χ4n) is 3.05. The molecule has 0 fully saturated rings. The van der Waals surface area contributed by atoms with Crippen molar-refractivity contribution in [2.45, 2.75) is 32.7 Å². The monoisotopic (exact) mass is 352 g/mol. The van der Waals surface area contributed by atoms with Crippen molar-refractivity contribution in [1.29, 1.82) is 0 Å². The number of rotatable bonds is 6. The number of hydrogen-bond acceptors (Lipinski definition) is 3. The van der Waals surface area contributed by atoms with Crippen LogP contribution in [0, 0.1) is 6.92 Å². The smallest absolute Gasteiger partial charge is 0.265 e. The van der Waals surface area contributed by atoms with Gasteiger partial charge >= 0.3 is 0 Å². The van der Waals surface area contributed by atoms with E-state index in [1.807, 2.05) is 50.2 Å². The maximum Gasteiger partial charge on any atom is 0.265 e. The molecule has 1 unspecified atom stereocenters. The van der Waals surface area contributed by atoms with E-state index >= 15 is 0 Å². The highest BCUT2D eigenvalue weighted by Crippen LogP contribution is 2.32. The van der Waals surface area contributed by atoms with E-state index in [9.17, 15) is 9.59 Å². The first-order valence-corrected chi connectivity index (χ1v) is 8.90. The van der Waals surface area contributed by atoms with Gasteiger partial charge in [0.15, 0.2) is 6.61 Å². The van der Waals surface area contributed by atoms with Crippen LogP contribution in [0.25, 0.3) is 0 Å². The van der Waals surface area contributed by atoms with E-state index in [-0.39, 0.29) is 31.0 Å². The summed E-state index contributed by atoms with van der Waals surface area (Å²) in [6.07, 6.45) is 1.75. The number of benzene rings is 2. The average molecular weight is 352 g/mol. The number of carbonyl (C=O) groups excluding carboxylic acids is 2. The molecular weight excluding hydrogens is 328 g/mol. The van der Waals surface area contributed by atoms with Crippen LogP contribution >= 0.6 is 0 Å². The van der Waals surface area contributed by atoms with Gasteiger partial charge in [0.05, 0.1) is 5.69 Å². The van der Waals surface area contributed by atoms with E-state index < -0.39 is 0 Å². The Kier molecular flexibility index (Phi) is 5.56. The van der Waals surface area contributed by atoms with Crippen LogP contribution in [0.5, 0.6) is 5.75 Å². The number of nitrogens with zero attached hydrogens (tertiary/aromatic N) is 1. The maximum absolute atomic E-state index is 12.4. The molecule has 0 saturated heterocycles. The Labute approximate surface area is 154 Å². The summed E-state index contributed by atoms with van der Waals surface area (Å²) >= 11 is 0. The molecule has 1 aliphatic heterocycles. The predicted molar refractivity (Wildman–Crippen MR) is 101 cm³/mol. The molecule has 1 aliphatic rings. The number of amides is 2. The van der Waals surface area contributed by atoms with Crippen LogP contribution in [0.4, 0.5) is 5.69 Å². The number of nitrogens with one attached hydrogen (secondary N) is 1. The van der Waals surface area contributed by atoms with Gasteiger partial charge in [0, 0.05) is 6.04 Å². The summed E-state index contributed by atoms with van der Waals surface area (Å²) in [4.78, 5) is 26.1. The minimum Gasteiger partial charge on any atom is -0.482 e. The molecule has 3 rings (SSSR count). The first-order chi connectivity index (χ1) is 12.5. The fourth-order valence-corrected chi connectivity index (χ4v) is 3.05. The number of fused-ring (bicyclic) bond motifs is 1. The summed E-state index contributed by atoms with van der Waals surface area (Å²) in [6.45, 7) is 3.92. The van der Waals surface area contributed by atoms with E-state index in [4.69, 9.17) is 4.74 Å². The Balaban J connectivity index is 1.57. The van der Waals surface area contributed by atoms with Crippen molar-refractivity contribution in [3.8, 4) is 5.75 Å². The van der Waals surface area contributed by atoms with E-state index in [0.29, 0.717) is 11.4 Å². The molecule has 0 radical (unpaired) electrons. The predicted octanol–water partition coefficient (Wildman–Crippen LogP) is 2.86. The lowest BCUT2D eigenvalue weighted by molar-refractivity contribution is -0.125. The van der Waals surface area contributed by atoms with Gasteiger partial charge in [-0.2, -0.15) is 0 Å². The largest absolute Gasteiger partial charge is 0.482 e. The summed E-state index contributed by atoms with van der Waals surface area (Å²) in [5.41, 5.74) is 2.96. The highest BCUT2D eigenvalue weighted by Gasteiger charge is 2.27. The summed E-state index contributed by atoms with van der Waals surface area (Å²) < 4.78 is 5.47. The van der Waals surface area contributed by atoms with Crippen LogP contribution < -0.4 is 15.0 Å². The van der Waals surface area contributed by atoms with Crippen LogP contribution in [0.3, 0.4) is 0 Å². The van der Waals surface area contributed by atoms with Crippen LogP contribution in [0.1, 0.15) is 24.5 Å². The highest BCUT2D eigenvalue weighted by atomic mass is 16.5. The zero-order chi connectivity index (χ0) is 18.5. The third-order valence-electron chi connectivity index (χ3n) is 4.48. The fraction of sp³-hybridized carbons (Fsp3) is 0.333. The van der Waals surface area contributed by atoms with Crippen LogP contribution in [-0.2, 0) is 16.0 Å². The normalized spacial score (nSPS) is 14.4. The lowest BCUT2D eigenvalue weighted by Gasteiger charge is -2.29. The minimum atomic E-state index is -0.201. The third kappa shape index (κ3) is 4.42. The van der Waals surface area contributed by atoms with Crippen LogP contribution in [0.2, 0.25) is 0 Å². The maximum atomic E-state index is 12.4. The molecule has 1 N–H and O–H groups in total. The Bertz CT molecular complexity index is 789. The summed E-state index contributed by atoms with van der Waals surface area (Å²) in [7, 11) is 0. The average Bonchev–Trinajstić information content (AvgIpc) is 2.63. The van der Waals surface area contributed by atoms with Gasteiger partial charge in [-0.3, -0.25) is 14.5 Å². The topological polar surface area (TPSA) is 58.6 Å². The first-order valence-electron chi connectivity index (χ1n) is 8.90. The highest BCUT2D eigenvalue weighted by molar-refractivity contribution is 6.02. The van der Waals surface area contributed by atoms with Crippen LogP contribution in [0.15, 0.2) is 48.5 Å². The molecule has 2 amide bonds. The van der Waals surface area contributed by atoms with Crippen molar-refractivity contribution in [1.82, 2.24) is 5.32 Å². The van der Waals surface area contributed by atoms with Gasteiger partial charge in [-0.05, 0) is 49.9 Å². The summed E-state index contributed by atoms with van der Waals surface area (Å²) in [6, 6.07) is 15.9. The lowest BCUT2D eigenvalue weighted by Crippen LogP contribution is -2.46. The number of ether oxygens (including phenoxy) is 1. The van der Waals surface area contributed by atoms with E-state index in [1.165, 1.54) is 10.5 Å². The SMILES string of the molecule is Cc1ccc2c(c1)OCC(=O)N2CC(=O)NC(C)CCc1ccccc1. The van der Waals surface area contributed by atoms with Gasteiger partial charge < -0.3 is 10.1 Å². The van der Waals surface area contributed by atoms with Crippen molar-refractivity contribution < 1.29 is 14.3 Å². The Hall–Kier alpha value is -2.82. The Morgan fingerprint density at radius 3 is 2.77 bits per heavy atom. The van der Waals surface area contributed by atoms with E-state index in [1.54, 1.807) is 0 Å². The molecule has 5 heteroatoms. The zero-order valence-electron chi connectivity index (χ0n) is 15.2. The van der Waals surface area contributed by atoms with Gasteiger partial charge in [0.25, 0.3) is 5.91 Å². The molecule has 2 aromatic carbocycles. The first kappa shape index (κ1) is 18.0. The Morgan fingerprint density at radius 1 is 1.23 bits per heavy atom. The molecule has 26 heavy (non-hydrogen) atoms. The lowest BCUT2D eigenvalue weighted by atomic mass is 10.1. The minimum absolute atomic E-state index is 0.00787. The van der Waals surface area contributed by atoms with Crippen molar-refractivity contribution in [3.63, 3.8) is 0 Å². The van der Waals surface area contributed by atoms with Crippen molar-refractivity contribution in [2.24, 2.45) is 0 Å². The number of hydrogen-bond donors (Lipinski definition) is 1. The molecule has 1 heterocycles. The number of anilines is 1. The zero-order valence-corrected chi connectivity index (χ0v) is 15.2. The third-order valence-corrected chi connectivity index (χ3v) is 4.48.